The minimum Gasteiger partial charge on any atom is -0.391 e. The van der Waals surface area contributed by atoms with Crippen molar-refractivity contribution in [3.63, 3.8) is 0 Å². The summed E-state index contributed by atoms with van der Waals surface area (Å²) < 4.78 is 2.66. The van der Waals surface area contributed by atoms with E-state index in [1.54, 1.807) is 7.05 Å². The van der Waals surface area contributed by atoms with Gasteiger partial charge in [0.15, 0.2) is 0 Å². The molecule has 8 nitrogen and oxygen atoms in total. The second-order valence-electron chi connectivity index (χ2n) is 8.11. The lowest BCUT2D eigenvalue weighted by Crippen LogP contribution is -2.64. The molecule has 2 unspecified atom stereocenters. The Hall–Kier alpha value is -1.67. The third-order valence-corrected chi connectivity index (χ3v) is 5.79. The molecule has 25 heavy (non-hydrogen) atoms. The number of carbonyl (C=O) groups is 1. The largest absolute Gasteiger partial charge is 0.391 e. The van der Waals surface area contributed by atoms with Crippen LogP contribution in [0.15, 0.2) is 11.1 Å². The second kappa shape index (κ2) is 6.57. The van der Waals surface area contributed by atoms with E-state index >= 15 is 0 Å². The van der Waals surface area contributed by atoms with E-state index in [0.717, 1.165) is 19.4 Å². The zero-order valence-electron chi connectivity index (χ0n) is 15.5. The van der Waals surface area contributed by atoms with Crippen molar-refractivity contribution in [3.8, 4) is 0 Å². The topological polar surface area (TPSA) is 92.4 Å². The quantitative estimate of drug-likeness (QED) is 0.751. The first-order valence-electron chi connectivity index (χ1n) is 8.99. The monoisotopic (exact) mass is 351 g/mol. The molecule has 0 aromatic carbocycles. The molecule has 1 spiro atoms. The molecule has 1 saturated heterocycles. The van der Waals surface area contributed by atoms with Crippen LogP contribution in [0.25, 0.3) is 0 Å². The van der Waals surface area contributed by atoms with E-state index in [4.69, 9.17) is 0 Å². The van der Waals surface area contributed by atoms with Gasteiger partial charge in [0.1, 0.15) is 6.33 Å². The van der Waals surface area contributed by atoms with Crippen LogP contribution in [0.3, 0.4) is 0 Å². The third-order valence-electron chi connectivity index (χ3n) is 5.79. The standard InChI is InChI=1S/C17H29N5O3/c1-11(2)15-17(9-20(15)3)7-12(13(23)8-17)19-14(24)5-6-22-16(25)21(4)10-18-22/h10-13,15,23H,5-9H2,1-4H3,(H,19,24)/t12-,13-,15?,17?/m1/s1. The molecule has 2 aliphatic rings. The van der Waals surface area contributed by atoms with E-state index in [0.29, 0.717) is 12.0 Å². The molecule has 1 amide bonds. The van der Waals surface area contributed by atoms with Crippen molar-refractivity contribution in [1.29, 1.82) is 0 Å². The third kappa shape index (κ3) is 3.25. The zero-order valence-corrected chi connectivity index (χ0v) is 15.5. The fraction of sp³-hybridized carbons (Fsp3) is 0.824. The van der Waals surface area contributed by atoms with E-state index in [2.05, 4.69) is 36.2 Å². The van der Waals surface area contributed by atoms with Crippen LogP contribution in [0.4, 0.5) is 0 Å². The molecule has 3 rings (SSSR count). The normalized spacial score (nSPS) is 32.3. The number of rotatable bonds is 5. The van der Waals surface area contributed by atoms with E-state index in [-0.39, 0.29) is 36.0 Å². The molecular formula is C17H29N5O3. The predicted molar refractivity (Wildman–Crippen MR) is 92.9 cm³/mol. The molecular weight excluding hydrogens is 322 g/mol. The van der Waals surface area contributed by atoms with Crippen LogP contribution < -0.4 is 11.0 Å². The molecule has 8 heteroatoms. The molecule has 2 N–H and O–H groups in total. The number of likely N-dealkylation sites (tertiary alicyclic amines) is 1. The van der Waals surface area contributed by atoms with Crippen LogP contribution >= 0.6 is 0 Å². The molecule has 4 atom stereocenters. The highest BCUT2D eigenvalue weighted by Gasteiger charge is 2.58. The van der Waals surface area contributed by atoms with Gasteiger partial charge in [0, 0.05) is 31.5 Å². The first-order valence-corrected chi connectivity index (χ1v) is 8.99. The maximum absolute atomic E-state index is 12.3. The number of aliphatic hydroxyl groups excluding tert-OH is 1. The van der Waals surface area contributed by atoms with E-state index in [1.807, 2.05) is 0 Å². The molecule has 1 aromatic heterocycles. The Labute approximate surface area is 147 Å². The first-order chi connectivity index (χ1) is 11.7. The van der Waals surface area contributed by atoms with Crippen molar-refractivity contribution in [3.05, 3.63) is 16.8 Å². The molecule has 2 heterocycles. The van der Waals surface area contributed by atoms with Crippen molar-refractivity contribution in [2.75, 3.05) is 13.6 Å². The summed E-state index contributed by atoms with van der Waals surface area (Å²) in [5.41, 5.74) is -0.122. The van der Waals surface area contributed by atoms with Gasteiger partial charge in [-0.2, -0.15) is 5.10 Å². The number of amides is 1. The Morgan fingerprint density at radius 3 is 2.72 bits per heavy atom. The lowest BCUT2D eigenvalue weighted by atomic mass is 9.66. The van der Waals surface area contributed by atoms with E-state index in [9.17, 15) is 14.7 Å². The number of aromatic nitrogens is 3. The fourth-order valence-electron chi connectivity index (χ4n) is 5.05. The highest BCUT2D eigenvalue weighted by atomic mass is 16.3. The van der Waals surface area contributed by atoms with E-state index < -0.39 is 6.10 Å². The summed E-state index contributed by atoms with van der Waals surface area (Å²) in [4.78, 5) is 26.3. The van der Waals surface area contributed by atoms with Gasteiger partial charge in [-0.15, -0.1) is 0 Å². The Morgan fingerprint density at radius 1 is 1.44 bits per heavy atom. The summed E-state index contributed by atoms with van der Waals surface area (Å²) in [5, 5.41) is 17.4. The van der Waals surface area contributed by atoms with Crippen LogP contribution in [0.2, 0.25) is 0 Å². The van der Waals surface area contributed by atoms with Crippen molar-refractivity contribution in [2.45, 2.75) is 57.8 Å². The molecule has 2 fully saturated rings. The van der Waals surface area contributed by atoms with Crippen LogP contribution in [-0.4, -0.2) is 62.0 Å². The summed E-state index contributed by atoms with van der Waals surface area (Å²) >= 11 is 0. The number of aliphatic hydroxyl groups is 1. The average Bonchev–Trinajstić information content (AvgIpc) is 2.99. The lowest BCUT2D eigenvalue weighted by molar-refractivity contribution is -0.122. The van der Waals surface area contributed by atoms with Crippen LogP contribution in [0, 0.1) is 11.3 Å². The van der Waals surface area contributed by atoms with Crippen molar-refractivity contribution >= 4 is 5.91 Å². The van der Waals surface area contributed by atoms with Gasteiger partial charge in [-0.25, -0.2) is 9.48 Å². The minimum absolute atomic E-state index is 0.109. The van der Waals surface area contributed by atoms with Crippen molar-refractivity contribution in [2.24, 2.45) is 18.4 Å². The highest BCUT2D eigenvalue weighted by Crippen LogP contribution is 2.52. The predicted octanol–water partition coefficient (Wildman–Crippen LogP) is -0.432. The number of nitrogens with one attached hydrogen (secondary N) is 1. The lowest BCUT2D eigenvalue weighted by Gasteiger charge is -2.57. The Bertz CT molecular complexity index is 692. The van der Waals surface area contributed by atoms with Gasteiger partial charge in [0.2, 0.25) is 5.91 Å². The molecule has 1 saturated carbocycles. The molecule has 0 bridgehead atoms. The van der Waals surface area contributed by atoms with Crippen molar-refractivity contribution < 1.29 is 9.90 Å². The number of aryl methyl sites for hydroxylation is 2. The number of nitrogens with zero attached hydrogens (tertiary/aromatic N) is 4. The Balaban J connectivity index is 1.55. The van der Waals surface area contributed by atoms with Crippen LogP contribution in [0.5, 0.6) is 0 Å². The van der Waals surface area contributed by atoms with Crippen molar-refractivity contribution in [1.82, 2.24) is 24.6 Å². The van der Waals surface area contributed by atoms with E-state index in [1.165, 1.54) is 15.6 Å². The van der Waals surface area contributed by atoms with Gasteiger partial charge in [-0.05, 0) is 25.8 Å². The van der Waals surface area contributed by atoms with Gasteiger partial charge in [0.05, 0.1) is 18.7 Å². The molecule has 0 radical (unpaired) electrons. The smallest absolute Gasteiger partial charge is 0.345 e. The van der Waals surface area contributed by atoms with Gasteiger partial charge in [0.25, 0.3) is 0 Å². The number of hydrogen-bond donors (Lipinski definition) is 2. The number of hydrogen-bond acceptors (Lipinski definition) is 5. The number of carbonyl (C=O) groups excluding carboxylic acids is 1. The van der Waals surface area contributed by atoms with Gasteiger partial charge < -0.3 is 15.3 Å². The molecule has 1 aliphatic carbocycles. The molecule has 140 valence electrons. The summed E-state index contributed by atoms with van der Waals surface area (Å²) in [6, 6.07) is 0.249. The average molecular weight is 351 g/mol. The Morgan fingerprint density at radius 2 is 2.16 bits per heavy atom. The van der Waals surface area contributed by atoms with Gasteiger partial charge >= 0.3 is 5.69 Å². The summed E-state index contributed by atoms with van der Waals surface area (Å²) in [5.74, 6) is 0.379. The van der Waals surface area contributed by atoms with Gasteiger partial charge in [-0.1, -0.05) is 13.8 Å². The maximum Gasteiger partial charge on any atom is 0.345 e. The summed E-state index contributed by atoms with van der Waals surface area (Å²) in [6.45, 7) is 5.65. The Kier molecular flexibility index (Phi) is 4.76. The maximum atomic E-state index is 12.3. The zero-order chi connectivity index (χ0) is 18.4. The minimum atomic E-state index is -0.503. The van der Waals surface area contributed by atoms with Crippen LogP contribution in [-0.2, 0) is 18.4 Å². The van der Waals surface area contributed by atoms with Gasteiger partial charge in [-0.3, -0.25) is 9.36 Å². The SMILES string of the molecule is CC(C)C1N(C)CC12C[C@@H](O)[C@H](NC(=O)CCn1ncn(C)c1=O)C2. The second-order valence-corrected chi connectivity index (χ2v) is 8.11. The molecule has 1 aromatic rings. The highest BCUT2D eigenvalue weighted by molar-refractivity contribution is 5.76. The summed E-state index contributed by atoms with van der Waals surface area (Å²) in [6.07, 6.45) is 2.67. The first kappa shape index (κ1) is 18.1. The summed E-state index contributed by atoms with van der Waals surface area (Å²) in [7, 11) is 3.75. The molecule has 1 aliphatic heterocycles. The van der Waals surface area contributed by atoms with Crippen LogP contribution in [0.1, 0.15) is 33.1 Å². The fourth-order valence-corrected chi connectivity index (χ4v) is 5.05.